The Morgan fingerprint density at radius 2 is 1.48 bits per heavy atom. The molecule has 27 heavy (non-hydrogen) atoms. The Hall–Kier alpha value is -3.53. The van der Waals surface area contributed by atoms with Crippen LogP contribution in [0.25, 0.3) is 11.0 Å². The van der Waals surface area contributed by atoms with E-state index in [4.69, 9.17) is 9.15 Å². The van der Waals surface area contributed by atoms with Crippen LogP contribution in [0.15, 0.2) is 88.1 Å². The van der Waals surface area contributed by atoms with Crippen LogP contribution in [0.5, 0.6) is 11.5 Å². The molecule has 0 saturated heterocycles. The maximum atomic E-state index is 12.1. The highest BCUT2D eigenvalue weighted by Crippen LogP contribution is 2.35. The molecule has 4 rings (SSSR count). The van der Waals surface area contributed by atoms with Crippen LogP contribution >= 0.6 is 0 Å². The van der Waals surface area contributed by atoms with Crippen molar-refractivity contribution >= 4 is 11.0 Å². The molecule has 0 amide bonds. The number of fused-ring (bicyclic) bond motifs is 1. The Bertz CT molecular complexity index is 1090. The molecule has 4 aromatic rings. The summed E-state index contributed by atoms with van der Waals surface area (Å²) in [6, 6.07) is 24.3. The SMILES string of the molecule is Cc1c(O)ccc2c(OC(c3ccccc3)c3ccccc3)cc(=O)oc12. The van der Waals surface area contributed by atoms with E-state index in [1.54, 1.807) is 19.1 Å². The van der Waals surface area contributed by atoms with Crippen molar-refractivity contribution in [1.82, 2.24) is 0 Å². The van der Waals surface area contributed by atoms with Gasteiger partial charge in [-0.1, -0.05) is 60.7 Å². The van der Waals surface area contributed by atoms with Gasteiger partial charge in [0, 0.05) is 5.56 Å². The number of phenolic OH excluding ortho intramolecular Hbond substituents is 1. The first-order valence-electron chi connectivity index (χ1n) is 8.66. The highest BCUT2D eigenvalue weighted by molar-refractivity contribution is 5.87. The molecule has 0 atom stereocenters. The molecule has 0 saturated carbocycles. The first kappa shape index (κ1) is 16.9. The summed E-state index contributed by atoms with van der Waals surface area (Å²) < 4.78 is 11.6. The Balaban J connectivity index is 1.87. The van der Waals surface area contributed by atoms with E-state index < -0.39 is 5.63 Å². The summed E-state index contributed by atoms with van der Waals surface area (Å²) in [7, 11) is 0. The lowest BCUT2D eigenvalue weighted by atomic mass is 10.0. The van der Waals surface area contributed by atoms with E-state index in [1.807, 2.05) is 60.7 Å². The fourth-order valence-electron chi connectivity index (χ4n) is 3.13. The van der Waals surface area contributed by atoms with Gasteiger partial charge >= 0.3 is 5.63 Å². The molecule has 0 aliphatic rings. The van der Waals surface area contributed by atoms with Crippen LogP contribution in [-0.4, -0.2) is 5.11 Å². The van der Waals surface area contributed by atoms with Gasteiger partial charge in [0.1, 0.15) is 23.2 Å². The standard InChI is InChI=1S/C23H18O4/c1-15-19(24)13-12-18-20(14-21(25)27-22(15)18)26-23(16-8-4-2-5-9-16)17-10-6-3-7-11-17/h2-14,23-24H,1H3. The van der Waals surface area contributed by atoms with Gasteiger partial charge in [-0.25, -0.2) is 4.79 Å². The normalized spacial score (nSPS) is 11.0. The molecule has 4 heteroatoms. The van der Waals surface area contributed by atoms with E-state index >= 15 is 0 Å². The minimum Gasteiger partial charge on any atom is -0.508 e. The van der Waals surface area contributed by atoms with E-state index in [2.05, 4.69) is 0 Å². The summed E-state index contributed by atoms with van der Waals surface area (Å²) in [5.41, 5.74) is 2.26. The van der Waals surface area contributed by atoms with E-state index in [-0.39, 0.29) is 11.9 Å². The Kier molecular flexibility index (Phi) is 4.38. The van der Waals surface area contributed by atoms with Crippen LogP contribution in [0.4, 0.5) is 0 Å². The highest BCUT2D eigenvalue weighted by Gasteiger charge is 2.19. The third kappa shape index (κ3) is 3.29. The molecular formula is C23H18O4. The van der Waals surface area contributed by atoms with E-state index in [1.165, 1.54) is 6.07 Å². The topological polar surface area (TPSA) is 59.7 Å². The van der Waals surface area contributed by atoms with E-state index in [0.717, 1.165) is 11.1 Å². The molecule has 1 N–H and O–H groups in total. The van der Waals surface area contributed by atoms with Gasteiger partial charge < -0.3 is 14.3 Å². The van der Waals surface area contributed by atoms with Crippen LogP contribution < -0.4 is 10.4 Å². The number of hydrogen-bond donors (Lipinski definition) is 1. The number of ether oxygens (including phenoxy) is 1. The van der Waals surface area contributed by atoms with Crippen LogP contribution in [0.1, 0.15) is 22.8 Å². The third-order valence-electron chi connectivity index (χ3n) is 4.54. The highest BCUT2D eigenvalue weighted by atomic mass is 16.5. The fourth-order valence-corrected chi connectivity index (χ4v) is 3.13. The predicted molar refractivity (Wildman–Crippen MR) is 104 cm³/mol. The van der Waals surface area contributed by atoms with Gasteiger partial charge in [0.25, 0.3) is 0 Å². The third-order valence-corrected chi connectivity index (χ3v) is 4.54. The lowest BCUT2D eigenvalue weighted by Gasteiger charge is -2.21. The Labute approximate surface area is 156 Å². The number of hydrogen-bond acceptors (Lipinski definition) is 4. The fraction of sp³-hybridized carbons (Fsp3) is 0.0870. The molecule has 0 aliphatic heterocycles. The molecule has 1 heterocycles. The summed E-state index contributed by atoms with van der Waals surface area (Å²) in [6.45, 7) is 1.70. The van der Waals surface area contributed by atoms with Gasteiger partial charge in [0.2, 0.25) is 0 Å². The molecule has 0 fully saturated rings. The van der Waals surface area contributed by atoms with Crippen molar-refractivity contribution in [2.24, 2.45) is 0 Å². The van der Waals surface area contributed by atoms with Crippen LogP contribution in [0.2, 0.25) is 0 Å². The summed E-state index contributed by atoms with van der Waals surface area (Å²) in [5.74, 6) is 0.493. The first-order valence-corrected chi connectivity index (χ1v) is 8.66. The van der Waals surface area contributed by atoms with Gasteiger partial charge in [0.15, 0.2) is 0 Å². The maximum Gasteiger partial charge on any atom is 0.339 e. The number of benzene rings is 3. The van der Waals surface area contributed by atoms with Crippen molar-refractivity contribution < 1.29 is 14.3 Å². The lowest BCUT2D eigenvalue weighted by Crippen LogP contribution is -2.11. The maximum absolute atomic E-state index is 12.1. The second-order valence-electron chi connectivity index (χ2n) is 6.34. The molecule has 0 bridgehead atoms. The number of rotatable bonds is 4. The average molecular weight is 358 g/mol. The van der Waals surface area contributed by atoms with Gasteiger partial charge in [-0.15, -0.1) is 0 Å². The average Bonchev–Trinajstić information content (AvgIpc) is 2.70. The second kappa shape index (κ2) is 7.00. The molecule has 0 unspecified atom stereocenters. The quantitative estimate of drug-likeness (QED) is 0.523. The zero-order valence-corrected chi connectivity index (χ0v) is 14.8. The van der Waals surface area contributed by atoms with Gasteiger partial charge in [0.05, 0.1) is 11.5 Å². The van der Waals surface area contributed by atoms with Gasteiger partial charge in [-0.05, 0) is 30.2 Å². The zero-order chi connectivity index (χ0) is 18.8. The minimum absolute atomic E-state index is 0.0745. The zero-order valence-electron chi connectivity index (χ0n) is 14.8. The van der Waals surface area contributed by atoms with Gasteiger partial charge in [-0.2, -0.15) is 0 Å². The predicted octanol–water partition coefficient (Wildman–Crippen LogP) is 4.98. The first-order chi connectivity index (χ1) is 13.1. The molecule has 0 aliphatic carbocycles. The van der Waals surface area contributed by atoms with E-state index in [0.29, 0.717) is 22.3 Å². The van der Waals surface area contributed by atoms with Crippen molar-refractivity contribution in [3.05, 3.63) is 106 Å². The largest absolute Gasteiger partial charge is 0.508 e. The summed E-state index contributed by atoms with van der Waals surface area (Å²) in [5, 5.41) is 10.6. The van der Waals surface area contributed by atoms with Gasteiger partial charge in [-0.3, -0.25) is 0 Å². The van der Waals surface area contributed by atoms with Crippen LogP contribution in [-0.2, 0) is 0 Å². The number of aromatic hydroxyl groups is 1. The van der Waals surface area contributed by atoms with Crippen molar-refractivity contribution in [3.8, 4) is 11.5 Å². The molecule has 0 radical (unpaired) electrons. The number of aryl methyl sites for hydroxylation is 1. The van der Waals surface area contributed by atoms with E-state index in [9.17, 15) is 9.90 Å². The molecule has 3 aromatic carbocycles. The Morgan fingerprint density at radius 3 is 2.07 bits per heavy atom. The number of phenols is 1. The Morgan fingerprint density at radius 1 is 0.889 bits per heavy atom. The van der Waals surface area contributed by atoms with Crippen molar-refractivity contribution in [3.63, 3.8) is 0 Å². The smallest absolute Gasteiger partial charge is 0.339 e. The van der Waals surface area contributed by atoms with Crippen molar-refractivity contribution in [2.45, 2.75) is 13.0 Å². The molecule has 4 nitrogen and oxygen atoms in total. The minimum atomic E-state index is -0.522. The van der Waals surface area contributed by atoms with Crippen LogP contribution in [0.3, 0.4) is 0 Å². The van der Waals surface area contributed by atoms with Crippen molar-refractivity contribution in [1.29, 1.82) is 0 Å². The molecular weight excluding hydrogens is 340 g/mol. The summed E-state index contributed by atoms with van der Waals surface area (Å²) >= 11 is 0. The molecule has 0 spiro atoms. The second-order valence-corrected chi connectivity index (χ2v) is 6.34. The lowest BCUT2D eigenvalue weighted by molar-refractivity contribution is 0.248. The van der Waals surface area contributed by atoms with Crippen LogP contribution in [0, 0.1) is 6.92 Å². The monoisotopic (exact) mass is 358 g/mol. The molecule has 1 aromatic heterocycles. The summed E-state index contributed by atoms with van der Waals surface area (Å²) in [6.07, 6.45) is -0.383. The summed E-state index contributed by atoms with van der Waals surface area (Å²) in [4.78, 5) is 12.1. The van der Waals surface area contributed by atoms with Crippen molar-refractivity contribution in [2.75, 3.05) is 0 Å². The molecule has 134 valence electrons.